The maximum absolute atomic E-state index is 13.4. The molecule has 2 N–H and O–H groups in total. The van der Waals surface area contributed by atoms with Crippen molar-refractivity contribution >= 4 is 29.0 Å². The topological polar surface area (TPSA) is 63.2 Å². The van der Waals surface area contributed by atoms with Gasteiger partial charge in [0.2, 0.25) is 0 Å². The van der Waals surface area contributed by atoms with Gasteiger partial charge in [0, 0.05) is 22.8 Å². The van der Waals surface area contributed by atoms with Gasteiger partial charge in [-0.15, -0.1) is 0 Å². The maximum atomic E-state index is 13.4. The molecular formula is C23H20ClF2N3O2. The standard InChI is InChI=1S/C23H20ClF2N3O2/c1-31-20-6-7-21(27-19-11-16(25)10-17(26)12-19)29-22(20)23(30)28-18-8-14(9-18)13-2-4-15(24)5-3-13/h2-7,10-12,14,18H,8-9H2,1H3,(H,27,29)(H,28,30). The summed E-state index contributed by atoms with van der Waals surface area (Å²) >= 11 is 5.93. The minimum atomic E-state index is -0.714. The van der Waals surface area contributed by atoms with E-state index in [1.807, 2.05) is 24.3 Å². The van der Waals surface area contributed by atoms with E-state index in [0.29, 0.717) is 16.7 Å². The molecule has 0 unspecified atom stereocenters. The summed E-state index contributed by atoms with van der Waals surface area (Å²) in [6.45, 7) is 0. The number of nitrogens with zero attached hydrogens (tertiary/aromatic N) is 1. The van der Waals surface area contributed by atoms with Gasteiger partial charge in [-0.1, -0.05) is 23.7 Å². The van der Waals surface area contributed by atoms with Crippen molar-refractivity contribution in [2.75, 3.05) is 12.4 Å². The number of carbonyl (C=O) groups excluding carboxylic acids is 1. The molecule has 1 aliphatic rings. The Morgan fingerprint density at radius 1 is 1.06 bits per heavy atom. The molecule has 0 aliphatic heterocycles. The Labute approximate surface area is 183 Å². The van der Waals surface area contributed by atoms with Crippen LogP contribution in [0.1, 0.15) is 34.8 Å². The number of halogens is 3. The van der Waals surface area contributed by atoms with Crippen LogP contribution >= 0.6 is 11.6 Å². The molecule has 0 atom stereocenters. The third-order valence-corrected chi connectivity index (χ3v) is 5.49. The summed E-state index contributed by atoms with van der Waals surface area (Å²) in [6, 6.07) is 14.0. The Morgan fingerprint density at radius 2 is 1.74 bits per heavy atom. The quantitative estimate of drug-likeness (QED) is 0.532. The fraction of sp³-hybridized carbons (Fsp3) is 0.217. The van der Waals surface area contributed by atoms with Gasteiger partial charge in [-0.3, -0.25) is 4.79 Å². The smallest absolute Gasteiger partial charge is 0.274 e. The van der Waals surface area contributed by atoms with Crippen LogP contribution in [0, 0.1) is 11.6 Å². The predicted octanol–water partition coefficient (Wildman–Crippen LogP) is 5.44. The van der Waals surface area contributed by atoms with Crippen molar-refractivity contribution in [2.45, 2.75) is 24.8 Å². The third kappa shape index (κ3) is 4.94. The van der Waals surface area contributed by atoms with E-state index in [9.17, 15) is 13.6 Å². The fourth-order valence-electron chi connectivity index (χ4n) is 3.61. The molecule has 1 fully saturated rings. The van der Waals surface area contributed by atoms with Crippen molar-refractivity contribution in [1.29, 1.82) is 0 Å². The fourth-order valence-corrected chi connectivity index (χ4v) is 3.74. The first-order chi connectivity index (χ1) is 14.9. The molecule has 1 aliphatic carbocycles. The van der Waals surface area contributed by atoms with Gasteiger partial charge in [0.1, 0.15) is 23.2 Å². The number of hydrogen-bond acceptors (Lipinski definition) is 4. The van der Waals surface area contributed by atoms with Crippen LogP contribution in [0.25, 0.3) is 0 Å². The highest BCUT2D eigenvalue weighted by Gasteiger charge is 2.32. The zero-order valence-electron chi connectivity index (χ0n) is 16.7. The Kier molecular flexibility index (Phi) is 6.04. The maximum Gasteiger partial charge on any atom is 0.274 e. The summed E-state index contributed by atoms with van der Waals surface area (Å²) in [5.74, 6) is -0.854. The van der Waals surface area contributed by atoms with Crippen LogP contribution in [0.3, 0.4) is 0 Å². The minimum Gasteiger partial charge on any atom is -0.494 e. The van der Waals surface area contributed by atoms with E-state index >= 15 is 0 Å². The summed E-state index contributed by atoms with van der Waals surface area (Å²) in [7, 11) is 1.45. The van der Waals surface area contributed by atoms with Crippen LogP contribution in [0.5, 0.6) is 5.75 Å². The van der Waals surface area contributed by atoms with E-state index in [1.54, 1.807) is 12.1 Å². The van der Waals surface area contributed by atoms with E-state index in [4.69, 9.17) is 16.3 Å². The number of carbonyl (C=O) groups is 1. The van der Waals surface area contributed by atoms with Crippen LogP contribution in [0.15, 0.2) is 54.6 Å². The molecule has 8 heteroatoms. The first kappa shape index (κ1) is 21.1. The van der Waals surface area contributed by atoms with Gasteiger partial charge in [0.25, 0.3) is 5.91 Å². The molecule has 0 bridgehead atoms. The second-order valence-corrected chi connectivity index (χ2v) is 7.86. The Morgan fingerprint density at radius 3 is 2.39 bits per heavy atom. The van der Waals surface area contributed by atoms with Crippen LogP contribution in [0.4, 0.5) is 20.3 Å². The van der Waals surface area contributed by atoms with E-state index < -0.39 is 11.6 Å². The van der Waals surface area contributed by atoms with Gasteiger partial charge in [0.05, 0.1) is 7.11 Å². The first-order valence-corrected chi connectivity index (χ1v) is 10.1. The number of hydrogen-bond donors (Lipinski definition) is 2. The monoisotopic (exact) mass is 443 g/mol. The molecule has 0 radical (unpaired) electrons. The zero-order chi connectivity index (χ0) is 22.0. The third-order valence-electron chi connectivity index (χ3n) is 5.24. The first-order valence-electron chi connectivity index (χ1n) is 9.76. The average molecular weight is 444 g/mol. The number of ether oxygens (including phenoxy) is 1. The van der Waals surface area contributed by atoms with Gasteiger partial charge in [0.15, 0.2) is 5.69 Å². The highest BCUT2D eigenvalue weighted by atomic mass is 35.5. The van der Waals surface area contributed by atoms with Crippen LogP contribution in [0.2, 0.25) is 5.02 Å². The number of anilines is 2. The normalized spacial score (nSPS) is 17.5. The Bertz CT molecular complexity index is 1080. The Hall–Kier alpha value is -3.19. The lowest BCUT2D eigenvalue weighted by Crippen LogP contribution is -2.43. The molecule has 1 saturated carbocycles. The van der Waals surface area contributed by atoms with Crippen molar-refractivity contribution in [2.24, 2.45) is 0 Å². The Balaban J connectivity index is 1.43. The molecule has 1 amide bonds. The highest BCUT2D eigenvalue weighted by molar-refractivity contribution is 6.30. The van der Waals surface area contributed by atoms with Crippen LogP contribution in [-0.2, 0) is 0 Å². The molecule has 160 valence electrons. The van der Waals surface area contributed by atoms with E-state index in [2.05, 4.69) is 15.6 Å². The van der Waals surface area contributed by atoms with Gasteiger partial charge >= 0.3 is 0 Å². The molecule has 0 saturated heterocycles. The summed E-state index contributed by atoms with van der Waals surface area (Å²) in [6.07, 6.45) is 1.63. The summed E-state index contributed by atoms with van der Waals surface area (Å²) < 4.78 is 32.1. The van der Waals surface area contributed by atoms with Crippen molar-refractivity contribution in [3.05, 3.63) is 82.5 Å². The molecule has 3 aromatic rings. The lowest BCUT2D eigenvalue weighted by atomic mass is 9.76. The average Bonchev–Trinajstić information content (AvgIpc) is 2.70. The number of amides is 1. The molecule has 1 aromatic heterocycles. The summed E-state index contributed by atoms with van der Waals surface area (Å²) in [5, 5.41) is 6.48. The number of rotatable bonds is 6. The van der Waals surface area contributed by atoms with E-state index in [0.717, 1.165) is 31.0 Å². The molecular weight excluding hydrogens is 424 g/mol. The van der Waals surface area contributed by atoms with Crippen molar-refractivity contribution < 1.29 is 18.3 Å². The molecule has 2 aromatic carbocycles. The number of pyridine rings is 1. The zero-order valence-corrected chi connectivity index (χ0v) is 17.4. The largest absolute Gasteiger partial charge is 0.494 e. The lowest BCUT2D eigenvalue weighted by Gasteiger charge is -2.36. The molecule has 4 rings (SSSR count). The predicted molar refractivity (Wildman–Crippen MR) is 115 cm³/mol. The van der Waals surface area contributed by atoms with E-state index in [-0.39, 0.29) is 29.1 Å². The highest BCUT2D eigenvalue weighted by Crippen LogP contribution is 2.37. The number of methoxy groups -OCH3 is 1. The van der Waals surface area contributed by atoms with Crippen molar-refractivity contribution in [3.63, 3.8) is 0 Å². The van der Waals surface area contributed by atoms with Crippen LogP contribution in [-0.4, -0.2) is 24.0 Å². The number of benzene rings is 2. The van der Waals surface area contributed by atoms with Gasteiger partial charge in [-0.25, -0.2) is 13.8 Å². The minimum absolute atomic E-state index is 0.0219. The van der Waals surface area contributed by atoms with Gasteiger partial charge < -0.3 is 15.4 Å². The van der Waals surface area contributed by atoms with Crippen LogP contribution < -0.4 is 15.4 Å². The summed E-state index contributed by atoms with van der Waals surface area (Å²) in [4.78, 5) is 17.1. The van der Waals surface area contributed by atoms with Crippen molar-refractivity contribution in [1.82, 2.24) is 10.3 Å². The number of aromatic nitrogens is 1. The second kappa shape index (κ2) is 8.89. The van der Waals surface area contributed by atoms with Gasteiger partial charge in [-0.05, 0) is 60.7 Å². The van der Waals surface area contributed by atoms with Gasteiger partial charge in [-0.2, -0.15) is 0 Å². The second-order valence-electron chi connectivity index (χ2n) is 7.42. The number of nitrogens with one attached hydrogen (secondary N) is 2. The lowest BCUT2D eigenvalue weighted by molar-refractivity contribution is 0.0900. The molecule has 31 heavy (non-hydrogen) atoms. The molecule has 1 heterocycles. The van der Waals surface area contributed by atoms with E-state index in [1.165, 1.54) is 12.7 Å². The molecule has 5 nitrogen and oxygen atoms in total. The molecule has 0 spiro atoms. The van der Waals surface area contributed by atoms with Crippen molar-refractivity contribution in [3.8, 4) is 5.75 Å². The SMILES string of the molecule is COc1ccc(Nc2cc(F)cc(F)c2)nc1C(=O)NC1CC(c2ccc(Cl)cc2)C1. The summed E-state index contributed by atoms with van der Waals surface area (Å²) in [5.41, 5.74) is 1.48.